The van der Waals surface area contributed by atoms with E-state index in [1.165, 1.54) is 6.07 Å². The number of benzene rings is 1. The highest BCUT2D eigenvalue weighted by molar-refractivity contribution is 7.80. The highest BCUT2D eigenvalue weighted by Gasteiger charge is 2.23. The molecule has 3 N–H and O–H groups in total. The van der Waals surface area contributed by atoms with E-state index in [-0.39, 0.29) is 17.9 Å². The smallest absolute Gasteiger partial charge is 0.322 e. The van der Waals surface area contributed by atoms with Crippen LogP contribution in [0.4, 0.5) is 9.18 Å². The van der Waals surface area contributed by atoms with E-state index in [0.717, 1.165) is 31.2 Å². The Kier molecular flexibility index (Phi) is 7.60. The molecule has 1 saturated carbocycles. The lowest BCUT2D eigenvalue weighted by atomic mass is 10.1. The van der Waals surface area contributed by atoms with Crippen LogP contribution in [0.3, 0.4) is 0 Å². The molecule has 1 atom stereocenters. The lowest BCUT2D eigenvalue weighted by molar-refractivity contribution is 0.216. The normalized spacial score (nSPS) is 17.1. The molecule has 0 spiro atoms. The number of halogens is 1. The summed E-state index contributed by atoms with van der Waals surface area (Å²) in [6, 6.07) is 4.73. The number of nitrogens with one attached hydrogen (secondary N) is 3. The number of ether oxygens (including phenoxy) is 1. The topological polar surface area (TPSA) is 65.6 Å². The van der Waals surface area contributed by atoms with Gasteiger partial charge in [0.2, 0.25) is 0 Å². The molecule has 2 fully saturated rings. The highest BCUT2D eigenvalue weighted by Crippen LogP contribution is 2.31. The minimum absolute atomic E-state index is 0.0758. The minimum Gasteiger partial charge on any atom is -0.490 e. The quantitative estimate of drug-likeness (QED) is 0.385. The average molecular weight is 439 g/mol. The fraction of sp³-hybridized carbons (Fsp3) is 0.550. The van der Waals surface area contributed by atoms with Crippen LogP contribution in [0.2, 0.25) is 0 Å². The molecule has 0 radical (unpaired) electrons. The molecule has 1 aromatic carbocycles. The lowest BCUT2D eigenvalue weighted by Gasteiger charge is -2.19. The van der Waals surface area contributed by atoms with Crippen LogP contribution in [-0.4, -0.2) is 47.3 Å². The molecular weight excluding hydrogens is 411 g/mol. The summed E-state index contributed by atoms with van der Waals surface area (Å²) in [6.45, 7) is 4.43. The van der Waals surface area contributed by atoms with Gasteiger partial charge in [-0.1, -0.05) is 18.3 Å². The second kappa shape index (κ2) is 10.2. The van der Waals surface area contributed by atoms with Crippen LogP contribution < -0.4 is 20.7 Å². The Hall–Kier alpha value is -2.00. The van der Waals surface area contributed by atoms with Gasteiger partial charge in [0.15, 0.2) is 16.7 Å². The Labute approximate surface area is 181 Å². The Balaban J connectivity index is 1.35. The molecule has 9 heteroatoms. The summed E-state index contributed by atoms with van der Waals surface area (Å²) in [6.07, 6.45) is 4.07. The van der Waals surface area contributed by atoms with Crippen molar-refractivity contribution in [1.29, 1.82) is 0 Å². The maximum absolute atomic E-state index is 13.9. The number of thiocarbonyl (C=S) groups is 2. The summed E-state index contributed by atoms with van der Waals surface area (Å²) in [7, 11) is 0. The molecule has 158 valence electrons. The van der Waals surface area contributed by atoms with Crippen LogP contribution in [-0.2, 0) is 0 Å². The molecule has 1 aromatic rings. The zero-order chi connectivity index (χ0) is 20.8. The number of hydrogen-bond donors (Lipinski definition) is 3. The third-order valence-corrected chi connectivity index (χ3v) is 5.48. The largest absolute Gasteiger partial charge is 0.490 e. The highest BCUT2D eigenvalue weighted by atomic mass is 32.1. The van der Waals surface area contributed by atoms with E-state index in [2.05, 4.69) is 16.0 Å². The summed E-state index contributed by atoms with van der Waals surface area (Å²) < 4.78 is 19.6. The number of rotatable bonds is 10. The number of urea groups is 1. The Morgan fingerprint density at radius 3 is 2.90 bits per heavy atom. The second-order valence-electron chi connectivity index (χ2n) is 7.55. The number of unbranched alkanes of at least 4 members (excludes halogenated alkanes) is 1. The predicted molar refractivity (Wildman–Crippen MR) is 119 cm³/mol. The third kappa shape index (κ3) is 6.78. The van der Waals surface area contributed by atoms with Gasteiger partial charge in [0, 0.05) is 13.1 Å². The van der Waals surface area contributed by atoms with E-state index in [9.17, 15) is 9.18 Å². The van der Waals surface area contributed by atoms with Gasteiger partial charge in [0.25, 0.3) is 0 Å². The van der Waals surface area contributed by atoms with Crippen LogP contribution in [0.1, 0.15) is 44.2 Å². The van der Waals surface area contributed by atoms with E-state index in [1.54, 1.807) is 17.0 Å². The molecule has 0 unspecified atom stereocenters. The van der Waals surface area contributed by atoms with Crippen molar-refractivity contribution >= 4 is 40.6 Å². The molecule has 1 saturated heterocycles. The first-order valence-electron chi connectivity index (χ1n) is 9.97. The SMILES string of the molecule is C[C@@H](NC(=S)NCCCCN1CC(=S)NC1=O)c1ccc(F)c(OCC2CC2)c1. The van der Waals surface area contributed by atoms with Crippen molar-refractivity contribution in [3.05, 3.63) is 29.6 Å². The summed E-state index contributed by atoms with van der Waals surface area (Å²) in [4.78, 5) is 13.9. The fourth-order valence-electron chi connectivity index (χ4n) is 3.02. The molecule has 1 aliphatic carbocycles. The van der Waals surface area contributed by atoms with Gasteiger partial charge in [-0.2, -0.15) is 0 Å². The van der Waals surface area contributed by atoms with Crippen LogP contribution in [0.25, 0.3) is 0 Å². The van der Waals surface area contributed by atoms with Crippen molar-refractivity contribution in [2.75, 3.05) is 26.2 Å². The standard InChI is InChI=1S/C20H27FN4O2S2/c1-13(15-6-7-16(21)17(10-15)27-12-14-4-5-14)23-19(29)22-8-2-3-9-25-11-18(28)24-20(25)26/h6-7,10,13-14H,2-5,8-9,11-12H2,1H3,(H2,22,23,29)(H,24,26,28)/t13-/m1/s1. The van der Waals surface area contributed by atoms with Gasteiger partial charge in [0.05, 0.1) is 19.2 Å². The van der Waals surface area contributed by atoms with Crippen molar-refractivity contribution in [1.82, 2.24) is 20.9 Å². The second-order valence-corrected chi connectivity index (χ2v) is 8.45. The Morgan fingerprint density at radius 1 is 1.41 bits per heavy atom. The third-order valence-electron chi connectivity index (χ3n) is 4.98. The summed E-state index contributed by atoms with van der Waals surface area (Å²) in [5.41, 5.74) is 0.914. The molecule has 3 rings (SSSR count). The van der Waals surface area contributed by atoms with E-state index in [4.69, 9.17) is 29.2 Å². The van der Waals surface area contributed by atoms with Crippen molar-refractivity contribution < 1.29 is 13.9 Å². The first-order valence-corrected chi connectivity index (χ1v) is 10.8. The van der Waals surface area contributed by atoms with Gasteiger partial charge in [-0.15, -0.1) is 0 Å². The van der Waals surface area contributed by atoms with E-state index in [1.807, 2.05) is 6.92 Å². The molecule has 0 bridgehead atoms. The van der Waals surface area contributed by atoms with Gasteiger partial charge in [-0.3, -0.25) is 0 Å². The zero-order valence-corrected chi connectivity index (χ0v) is 18.1. The van der Waals surface area contributed by atoms with Crippen LogP contribution in [0, 0.1) is 11.7 Å². The summed E-state index contributed by atoms with van der Waals surface area (Å²) in [5, 5.41) is 9.56. The number of nitrogens with zero attached hydrogens (tertiary/aromatic N) is 1. The van der Waals surface area contributed by atoms with Crippen LogP contribution in [0.5, 0.6) is 5.75 Å². The molecule has 2 aliphatic rings. The maximum Gasteiger partial charge on any atom is 0.322 e. The lowest BCUT2D eigenvalue weighted by Crippen LogP contribution is -2.37. The maximum atomic E-state index is 13.9. The first kappa shape index (κ1) is 21.7. The zero-order valence-electron chi connectivity index (χ0n) is 16.5. The van der Waals surface area contributed by atoms with Crippen molar-refractivity contribution in [3.8, 4) is 5.75 Å². The van der Waals surface area contributed by atoms with Gasteiger partial charge in [-0.25, -0.2) is 9.18 Å². The van der Waals surface area contributed by atoms with Crippen molar-refractivity contribution in [2.45, 2.75) is 38.6 Å². The monoisotopic (exact) mass is 438 g/mol. The molecule has 2 amide bonds. The van der Waals surface area contributed by atoms with Crippen LogP contribution >= 0.6 is 24.4 Å². The number of hydrogen-bond acceptors (Lipinski definition) is 4. The molecular formula is C20H27FN4O2S2. The molecule has 6 nitrogen and oxygen atoms in total. The molecule has 0 aromatic heterocycles. The van der Waals surface area contributed by atoms with Crippen LogP contribution in [0.15, 0.2) is 18.2 Å². The van der Waals surface area contributed by atoms with Crippen molar-refractivity contribution in [2.24, 2.45) is 5.92 Å². The van der Waals surface area contributed by atoms with Gasteiger partial charge in [0.1, 0.15) is 4.99 Å². The molecule has 1 aliphatic heterocycles. The van der Waals surface area contributed by atoms with E-state index < -0.39 is 0 Å². The number of carbonyl (C=O) groups is 1. The molecule has 29 heavy (non-hydrogen) atoms. The summed E-state index contributed by atoms with van der Waals surface area (Å²) in [5.74, 6) is 0.531. The van der Waals surface area contributed by atoms with Crippen molar-refractivity contribution in [3.63, 3.8) is 0 Å². The minimum atomic E-state index is -0.338. The number of amides is 2. The predicted octanol–water partition coefficient (Wildman–Crippen LogP) is 3.27. The first-order chi connectivity index (χ1) is 13.9. The summed E-state index contributed by atoms with van der Waals surface area (Å²) >= 11 is 10.3. The van der Waals surface area contributed by atoms with E-state index in [0.29, 0.717) is 48.0 Å². The van der Waals surface area contributed by atoms with Gasteiger partial charge >= 0.3 is 6.03 Å². The van der Waals surface area contributed by atoms with Gasteiger partial charge < -0.3 is 25.6 Å². The van der Waals surface area contributed by atoms with Gasteiger partial charge in [-0.05, 0) is 68.4 Å². The fourth-order valence-corrected chi connectivity index (χ4v) is 3.54. The Bertz CT molecular complexity index is 773. The average Bonchev–Trinajstić information content (AvgIpc) is 3.44. The Morgan fingerprint density at radius 2 is 2.21 bits per heavy atom. The van der Waals surface area contributed by atoms with E-state index >= 15 is 0 Å². The number of carbonyl (C=O) groups excluding carboxylic acids is 1. The molecule has 1 heterocycles.